The summed E-state index contributed by atoms with van der Waals surface area (Å²) in [6.45, 7) is 7.44. The standard InChI is InChI=1S/C22H28FN5O2/c1-14-9-15(2)11-27(10-14)13-18-24-20-19(21(29)26(4)22(30)25(20)3)28(18)12-16-5-7-17(23)8-6-16/h5-8,14-15H,9-13H2,1-4H3/t14-,15+. The van der Waals surface area contributed by atoms with Crippen LogP contribution in [0, 0.1) is 17.7 Å². The molecular formula is C22H28FN5O2. The van der Waals surface area contributed by atoms with Crippen molar-refractivity contribution in [2.24, 2.45) is 25.9 Å². The van der Waals surface area contributed by atoms with E-state index >= 15 is 0 Å². The molecule has 0 saturated carbocycles. The maximum Gasteiger partial charge on any atom is 0.332 e. The second-order valence-electron chi connectivity index (χ2n) is 8.76. The van der Waals surface area contributed by atoms with Gasteiger partial charge in [-0.1, -0.05) is 26.0 Å². The first-order valence-corrected chi connectivity index (χ1v) is 10.4. The number of rotatable bonds is 4. The van der Waals surface area contributed by atoms with Gasteiger partial charge >= 0.3 is 5.69 Å². The Morgan fingerprint density at radius 1 is 1.00 bits per heavy atom. The van der Waals surface area contributed by atoms with Crippen LogP contribution >= 0.6 is 0 Å². The van der Waals surface area contributed by atoms with Crippen molar-refractivity contribution in [3.05, 3.63) is 62.3 Å². The van der Waals surface area contributed by atoms with Crippen LogP contribution in [-0.4, -0.2) is 36.7 Å². The monoisotopic (exact) mass is 413 g/mol. The van der Waals surface area contributed by atoms with Crippen LogP contribution < -0.4 is 11.2 Å². The molecule has 1 aromatic carbocycles. The fourth-order valence-electron chi connectivity index (χ4n) is 4.68. The van der Waals surface area contributed by atoms with Crippen LogP contribution in [0.2, 0.25) is 0 Å². The number of benzene rings is 1. The largest absolute Gasteiger partial charge is 0.332 e. The molecule has 2 aromatic heterocycles. The van der Waals surface area contributed by atoms with Gasteiger partial charge in [0.15, 0.2) is 11.2 Å². The second-order valence-corrected chi connectivity index (χ2v) is 8.76. The Hall–Kier alpha value is -2.74. The first-order chi connectivity index (χ1) is 14.2. The lowest BCUT2D eigenvalue weighted by Crippen LogP contribution is -2.39. The molecule has 0 spiro atoms. The topological polar surface area (TPSA) is 65.1 Å². The van der Waals surface area contributed by atoms with Crippen molar-refractivity contribution in [3.8, 4) is 0 Å². The SMILES string of the molecule is C[C@@H]1C[C@H](C)CN(Cc2nc3c(c(=O)n(C)c(=O)n3C)n2Cc2ccc(F)cc2)C1. The molecule has 3 aromatic rings. The molecule has 0 N–H and O–H groups in total. The van der Waals surface area contributed by atoms with Crippen LogP contribution in [-0.2, 0) is 27.2 Å². The van der Waals surface area contributed by atoms with Gasteiger partial charge in [-0.05, 0) is 36.0 Å². The fraction of sp³-hybridized carbons (Fsp3) is 0.500. The maximum absolute atomic E-state index is 13.4. The Bertz CT molecular complexity index is 1180. The lowest BCUT2D eigenvalue weighted by atomic mass is 9.92. The first kappa shape index (κ1) is 20.5. The number of imidazole rings is 1. The van der Waals surface area contributed by atoms with Gasteiger partial charge < -0.3 is 4.57 Å². The summed E-state index contributed by atoms with van der Waals surface area (Å²) >= 11 is 0. The van der Waals surface area contributed by atoms with Crippen LogP contribution in [0.4, 0.5) is 4.39 Å². The van der Waals surface area contributed by atoms with Crippen LogP contribution in [0.25, 0.3) is 11.2 Å². The molecule has 7 nitrogen and oxygen atoms in total. The van der Waals surface area contributed by atoms with Gasteiger partial charge in [0.1, 0.15) is 11.6 Å². The van der Waals surface area contributed by atoms with E-state index in [2.05, 4.69) is 18.7 Å². The van der Waals surface area contributed by atoms with Crippen molar-refractivity contribution in [2.75, 3.05) is 13.1 Å². The third-order valence-corrected chi connectivity index (χ3v) is 5.99. The number of hydrogen-bond donors (Lipinski definition) is 0. The smallest absolute Gasteiger partial charge is 0.317 e. The first-order valence-electron chi connectivity index (χ1n) is 10.4. The summed E-state index contributed by atoms with van der Waals surface area (Å²) in [4.78, 5) is 32.5. The van der Waals surface area contributed by atoms with E-state index in [1.165, 1.54) is 30.2 Å². The highest BCUT2D eigenvalue weighted by atomic mass is 19.1. The molecule has 2 atom stereocenters. The summed E-state index contributed by atoms with van der Waals surface area (Å²) in [5, 5.41) is 0. The zero-order valence-electron chi connectivity index (χ0n) is 17.9. The molecule has 0 bridgehead atoms. The summed E-state index contributed by atoms with van der Waals surface area (Å²) in [6.07, 6.45) is 1.21. The molecule has 0 aliphatic carbocycles. The molecule has 8 heteroatoms. The fourth-order valence-corrected chi connectivity index (χ4v) is 4.68. The Morgan fingerprint density at radius 2 is 1.63 bits per heavy atom. The number of likely N-dealkylation sites (tertiary alicyclic amines) is 1. The summed E-state index contributed by atoms with van der Waals surface area (Å²) in [6, 6.07) is 6.25. The number of nitrogens with zero attached hydrogens (tertiary/aromatic N) is 5. The number of halogens is 1. The third kappa shape index (κ3) is 3.71. The minimum atomic E-state index is -0.398. The van der Waals surface area contributed by atoms with Gasteiger partial charge in [0, 0.05) is 33.7 Å². The van der Waals surface area contributed by atoms with Gasteiger partial charge in [0.05, 0.1) is 6.54 Å². The summed E-state index contributed by atoms with van der Waals surface area (Å²) < 4.78 is 17.8. The summed E-state index contributed by atoms with van der Waals surface area (Å²) in [5.74, 6) is 1.64. The van der Waals surface area contributed by atoms with E-state index in [-0.39, 0.29) is 11.4 Å². The molecule has 160 valence electrons. The molecule has 30 heavy (non-hydrogen) atoms. The summed E-state index contributed by atoms with van der Waals surface area (Å²) in [7, 11) is 3.11. The lowest BCUT2D eigenvalue weighted by molar-refractivity contribution is 0.130. The Balaban J connectivity index is 1.84. The van der Waals surface area contributed by atoms with Crippen molar-refractivity contribution in [1.29, 1.82) is 0 Å². The Labute approximate surface area is 174 Å². The van der Waals surface area contributed by atoms with Gasteiger partial charge in [0.2, 0.25) is 0 Å². The van der Waals surface area contributed by atoms with Crippen LogP contribution in [0.3, 0.4) is 0 Å². The number of aryl methyl sites for hydroxylation is 1. The van der Waals surface area contributed by atoms with Crippen molar-refractivity contribution < 1.29 is 4.39 Å². The predicted octanol–water partition coefficient (Wildman–Crippen LogP) is 2.10. The molecule has 0 amide bonds. The molecule has 1 aliphatic rings. The maximum atomic E-state index is 13.4. The van der Waals surface area contributed by atoms with Gasteiger partial charge in [-0.3, -0.25) is 18.8 Å². The summed E-state index contributed by atoms with van der Waals surface area (Å²) in [5.41, 5.74) is 0.892. The molecule has 4 rings (SSSR count). The normalized spacial score (nSPS) is 20.2. The number of fused-ring (bicyclic) bond motifs is 1. The zero-order valence-corrected chi connectivity index (χ0v) is 17.9. The van der Waals surface area contributed by atoms with E-state index in [1.54, 1.807) is 19.2 Å². The van der Waals surface area contributed by atoms with E-state index in [0.717, 1.165) is 29.0 Å². The van der Waals surface area contributed by atoms with Gasteiger partial charge in [-0.15, -0.1) is 0 Å². The molecular weight excluding hydrogens is 385 g/mol. The highest BCUT2D eigenvalue weighted by Crippen LogP contribution is 2.23. The number of aromatic nitrogens is 4. The molecule has 0 radical (unpaired) electrons. The average molecular weight is 413 g/mol. The molecule has 1 fully saturated rings. The predicted molar refractivity (Wildman–Crippen MR) is 114 cm³/mol. The molecule has 0 unspecified atom stereocenters. The van der Waals surface area contributed by atoms with E-state index in [4.69, 9.17) is 4.98 Å². The van der Waals surface area contributed by atoms with Gasteiger partial charge in [-0.2, -0.15) is 0 Å². The van der Waals surface area contributed by atoms with Crippen molar-refractivity contribution >= 4 is 11.2 Å². The number of piperidine rings is 1. The highest BCUT2D eigenvalue weighted by Gasteiger charge is 2.25. The Morgan fingerprint density at radius 3 is 2.27 bits per heavy atom. The van der Waals surface area contributed by atoms with Crippen LogP contribution in [0.1, 0.15) is 31.7 Å². The van der Waals surface area contributed by atoms with Crippen molar-refractivity contribution in [3.63, 3.8) is 0 Å². The minimum absolute atomic E-state index is 0.302. The average Bonchev–Trinajstić information content (AvgIpc) is 3.03. The van der Waals surface area contributed by atoms with E-state index < -0.39 is 5.69 Å². The van der Waals surface area contributed by atoms with Gasteiger partial charge in [0.25, 0.3) is 5.56 Å². The third-order valence-electron chi connectivity index (χ3n) is 5.99. The van der Waals surface area contributed by atoms with Crippen molar-refractivity contribution in [1.82, 2.24) is 23.6 Å². The number of hydrogen-bond acceptors (Lipinski definition) is 4. The van der Waals surface area contributed by atoms with E-state index in [9.17, 15) is 14.0 Å². The van der Waals surface area contributed by atoms with E-state index in [1.807, 2.05) is 4.57 Å². The van der Waals surface area contributed by atoms with Crippen molar-refractivity contribution in [2.45, 2.75) is 33.4 Å². The second kappa shape index (κ2) is 7.83. The molecule has 3 heterocycles. The molecule has 1 saturated heterocycles. The quantitative estimate of drug-likeness (QED) is 0.657. The molecule has 1 aliphatic heterocycles. The highest BCUT2D eigenvalue weighted by molar-refractivity contribution is 5.71. The minimum Gasteiger partial charge on any atom is -0.317 e. The van der Waals surface area contributed by atoms with Gasteiger partial charge in [-0.25, -0.2) is 14.2 Å². The van der Waals surface area contributed by atoms with Crippen LogP contribution in [0.5, 0.6) is 0 Å². The zero-order chi connectivity index (χ0) is 21.6. The lowest BCUT2D eigenvalue weighted by Gasteiger charge is -2.34. The van der Waals surface area contributed by atoms with E-state index in [0.29, 0.717) is 36.1 Å². The Kier molecular flexibility index (Phi) is 5.36. The van der Waals surface area contributed by atoms with Crippen LogP contribution in [0.15, 0.2) is 33.9 Å².